The number of carbonyl (C=O) groups is 1. The molecule has 2 aromatic carbocycles. The Bertz CT molecular complexity index is 1250. The third-order valence-corrected chi connectivity index (χ3v) is 5.82. The van der Waals surface area contributed by atoms with E-state index in [0.29, 0.717) is 24.4 Å². The van der Waals surface area contributed by atoms with Crippen LogP contribution in [0.2, 0.25) is 0 Å². The SMILES string of the molecule is CNCc1cc(C(F)(F)F)cc(C(F)(F)F)c1.O=C(O)c1cnc(OCCN2CCOCC2)nc1-c1ccccc1. The van der Waals surface area contributed by atoms with E-state index in [9.17, 15) is 36.2 Å². The first-order valence-corrected chi connectivity index (χ1v) is 12.4. The van der Waals surface area contributed by atoms with Crippen LogP contribution in [-0.2, 0) is 23.6 Å². The molecule has 0 saturated carbocycles. The van der Waals surface area contributed by atoms with Crippen molar-refractivity contribution in [2.75, 3.05) is 46.5 Å². The Balaban J connectivity index is 0.000000241. The quantitative estimate of drug-likeness (QED) is 0.357. The Hall–Kier alpha value is -3.75. The van der Waals surface area contributed by atoms with Crippen LogP contribution in [0.3, 0.4) is 0 Å². The van der Waals surface area contributed by atoms with Crippen molar-refractivity contribution in [2.45, 2.75) is 18.9 Å². The lowest BCUT2D eigenvalue weighted by molar-refractivity contribution is -0.143. The van der Waals surface area contributed by atoms with E-state index in [0.717, 1.165) is 38.4 Å². The van der Waals surface area contributed by atoms with Crippen molar-refractivity contribution in [3.05, 3.63) is 77.0 Å². The van der Waals surface area contributed by atoms with Crippen LogP contribution in [0.1, 0.15) is 27.0 Å². The summed E-state index contributed by atoms with van der Waals surface area (Å²) in [6, 6.07) is 10.9. The summed E-state index contributed by atoms with van der Waals surface area (Å²) in [4.78, 5) is 21.9. The summed E-state index contributed by atoms with van der Waals surface area (Å²) in [5, 5.41) is 11.8. The first kappa shape index (κ1) is 31.8. The Kier molecular flexibility index (Phi) is 11.0. The zero-order chi connectivity index (χ0) is 30.0. The van der Waals surface area contributed by atoms with Crippen LogP contribution >= 0.6 is 0 Å². The molecular formula is C27H28F6N4O4. The molecule has 1 aromatic heterocycles. The van der Waals surface area contributed by atoms with Crippen LogP contribution < -0.4 is 10.1 Å². The van der Waals surface area contributed by atoms with Crippen molar-refractivity contribution in [2.24, 2.45) is 0 Å². The highest BCUT2D eigenvalue weighted by Crippen LogP contribution is 2.36. The first-order chi connectivity index (χ1) is 19.4. The molecule has 1 aliphatic heterocycles. The predicted octanol–water partition coefficient (Wildman–Crippen LogP) is 5.00. The summed E-state index contributed by atoms with van der Waals surface area (Å²) in [7, 11) is 1.44. The molecule has 2 heterocycles. The minimum atomic E-state index is -4.79. The second kappa shape index (κ2) is 14.2. The Labute approximate surface area is 231 Å². The van der Waals surface area contributed by atoms with Crippen molar-refractivity contribution in [1.82, 2.24) is 20.2 Å². The number of halogens is 6. The van der Waals surface area contributed by atoms with Gasteiger partial charge in [-0.3, -0.25) is 4.90 Å². The molecule has 4 rings (SSSR count). The zero-order valence-electron chi connectivity index (χ0n) is 21.9. The monoisotopic (exact) mass is 586 g/mol. The lowest BCUT2D eigenvalue weighted by Crippen LogP contribution is -2.38. The summed E-state index contributed by atoms with van der Waals surface area (Å²) in [6.45, 7) is 4.39. The van der Waals surface area contributed by atoms with Crippen LogP contribution in [-0.4, -0.2) is 72.4 Å². The van der Waals surface area contributed by atoms with Gasteiger partial charge in [0.05, 0.1) is 30.0 Å². The van der Waals surface area contributed by atoms with Gasteiger partial charge in [-0.25, -0.2) is 9.78 Å². The molecule has 41 heavy (non-hydrogen) atoms. The van der Waals surface area contributed by atoms with E-state index >= 15 is 0 Å². The highest BCUT2D eigenvalue weighted by atomic mass is 19.4. The predicted molar refractivity (Wildman–Crippen MR) is 136 cm³/mol. The molecule has 0 amide bonds. The fourth-order valence-electron chi connectivity index (χ4n) is 3.82. The molecular weight excluding hydrogens is 558 g/mol. The average Bonchev–Trinajstić information content (AvgIpc) is 2.93. The number of hydrogen-bond donors (Lipinski definition) is 2. The van der Waals surface area contributed by atoms with E-state index in [1.807, 2.05) is 30.3 Å². The maximum absolute atomic E-state index is 12.4. The highest BCUT2D eigenvalue weighted by Gasteiger charge is 2.36. The van der Waals surface area contributed by atoms with Crippen LogP contribution in [0, 0.1) is 0 Å². The van der Waals surface area contributed by atoms with Crippen LogP contribution in [0.5, 0.6) is 6.01 Å². The van der Waals surface area contributed by atoms with Gasteiger partial charge in [-0.2, -0.15) is 31.3 Å². The summed E-state index contributed by atoms with van der Waals surface area (Å²) < 4.78 is 85.2. The molecule has 14 heteroatoms. The fraction of sp³-hybridized carbons (Fsp3) is 0.370. The molecule has 2 N–H and O–H groups in total. The highest BCUT2D eigenvalue weighted by molar-refractivity contribution is 5.94. The van der Waals surface area contributed by atoms with E-state index in [-0.39, 0.29) is 29.7 Å². The summed E-state index contributed by atoms with van der Waals surface area (Å²) >= 11 is 0. The first-order valence-electron chi connectivity index (χ1n) is 12.4. The van der Waals surface area contributed by atoms with Gasteiger partial charge in [-0.15, -0.1) is 0 Å². The smallest absolute Gasteiger partial charge is 0.416 e. The van der Waals surface area contributed by atoms with Gasteiger partial charge in [0, 0.05) is 37.9 Å². The summed E-state index contributed by atoms with van der Waals surface area (Å²) in [5.74, 6) is -1.06. The minimum Gasteiger partial charge on any atom is -0.478 e. The number of aromatic nitrogens is 2. The number of morpholine rings is 1. The van der Waals surface area contributed by atoms with Gasteiger partial charge < -0.3 is 19.9 Å². The van der Waals surface area contributed by atoms with E-state index in [1.165, 1.54) is 13.2 Å². The fourth-order valence-corrected chi connectivity index (χ4v) is 3.82. The number of ether oxygens (including phenoxy) is 2. The number of nitrogens with one attached hydrogen (secondary N) is 1. The molecule has 0 unspecified atom stereocenters. The molecule has 0 spiro atoms. The standard InChI is InChI=1S/C17H19N3O4.C10H9F6N/c21-16(22)14-12-18-17(19-15(14)13-4-2-1-3-5-13)24-11-8-20-6-9-23-10-7-20;1-17-5-6-2-7(9(11,12)13)4-8(3-6)10(14,15)16/h1-5,12H,6-11H2,(H,21,22);2-4,17H,5H2,1H3. The molecule has 8 nitrogen and oxygen atoms in total. The molecule has 0 bridgehead atoms. The van der Waals surface area contributed by atoms with Crippen molar-refractivity contribution in [3.8, 4) is 17.3 Å². The number of hydrogen-bond acceptors (Lipinski definition) is 7. The maximum atomic E-state index is 12.4. The molecule has 0 aliphatic carbocycles. The second-order valence-electron chi connectivity index (χ2n) is 8.83. The number of benzene rings is 2. The number of nitrogens with zero attached hydrogens (tertiary/aromatic N) is 3. The Morgan fingerprint density at radius 1 is 1.02 bits per heavy atom. The Morgan fingerprint density at radius 2 is 1.63 bits per heavy atom. The maximum Gasteiger partial charge on any atom is 0.416 e. The molecule has 3 aromatic rings. The Morgan fingerprint density at radius 3 is 2.17 bits per heavy atom. The van der Waals surface area contributed by atoms with Gasteiger partial charge in [-0.1, -0.05) is 30.3 Å². The third-order valence-electron chi connectivity index (χ3n) is 5.82. The van der Waals surface area contributed by atoms with Gasteiger partial charge in [0.2, 0.25) is 0 Å². The van der Waals surface area contributed by atoms with Gasteiger partial charge in [0.15, 0.2) is 0 Å². The van der Waals surface area contributed by atoms with Gasteiger partial charge >= 0.3 is 24.3 Å². The van der Waals surface area contributed by atoms with Gasteiger partial charge in [-0.05, 0) is 30.8 Å². The summed E-state index contributed by atoms with van der Waals surface area (Å²) in [6.07, 6.45) is -8.28. The van der Waals surface area contributed by atoms with Crippen LogP contribution in [0.15, 0.2) is 54.7 Å². The van der Waals surface area contributed by atoms with E-state index in [4.69, 9.17) is 9.47 Å². The third kappa shape index (κ3) is 9.69. The topological polar surface area (TPSA) is 96.8 Å². The molecule has 1 aliphatic rings. The van der Waals surface area contributed by atoms with E-state index in [1.54, 1.807) is 0 Å². The normalized spacial score (nSPS) is 14.2. The number of alkyl halides is 6. The zero-order valence-corrected chi connectivity index (χ0v) is 21.9. The largest absolute Gasteiger partial charge is 0.478 e. The van der Waals surface area contributed by atoms with Gasteiger partial charge in [0.1, 0.15) is 12.2 Å². The van der Waals surface area contributed by atoms with Crippen LogP contribution in [0.4, 0.5) is 26.3 Å². The van der Waals surface area contributed by atoms with Crippen molar-refractivity contribution < 1.29 is 45.7 Å². The number of aromatic carboxylic acids is 1. The van der Waals surface area contributed by atoms with Gasteiger partial charge in [0.25, 0.3) is 0 Å². The van der Waals surface area contributed by atoms with Crippen molar-refractivity contribution in [1.29, 1.82) is 0 Å². The number of carboxylic acid groups (broad SMARTS) is 1. The van der Waals surface area contributed by atoms with Crippen molar-refractivity contribution in [3.63, 3.8) is 0 Å². The number of carboxylic acids is 1. The summed E-state index contributed by atoms with van der Waals surface area (Å²) in [5.41, 5.74) is -1.51. The molecule has 1 saturated heterocycles. The van der Waals surface area contributed by atoms with Crippen molar-refractivity contribution >= 4 is 5.97 Å². The molecule has 0 atom stereocenters. The average molecular weight is 587 g/mol. The second-order valence-corrected chi connectivity index (χ2v) is 8.83. The van der Waals surface area contributed by atoms with Crippen LogP contribution in [0.25, 0.3) is 11.3 Å². The van der Waals surface area contributed by atoms with E-state index < -0.39 is 29.4 Å². The molecule has 1 fully saturated rings. The molecule has 222 valence electrons. The minimum absolute atomic E-state index is 0.0572. The number of rotatable bonds is 8. The lowest BCUT2D eigenvalue weighted by Gasteiger charge is -2.26. The molecule has 0 radical (unpaired) electrons. The van der Waals surface area contributed by atoms with E-state index in [2.05, 4.69) is 20.2 Å². The lowest BCUT2D eigenvalue weighted by atomic mass is 10.0.